The van der Waals surface area contributed by atoms with Gasteiger partial charge in [-0.15, -0.1) is 0 Å². The maximum absolute atomic E-state index is 11.4. The smallest absolute Gasteiger partial charge is 0.159 e. The summed E-state index contributed by atoms with van der Waals surface area (Å²) >= 11 is 0. The summed E-state index contributed by atoms with van der Waals surface area (Å²) in [6.07, 6.45) is 3.93. The summed E-state index contributed by atoms with van der Waals surface area (Å²) in [6, 6.07) is 12.1. The van der Waals surface area contributed by atoms with Gasteiger partial charge in [0.05, 0.1) is 12.1 Å². The summed E-state index contributed by atoms with van der Waals surface area (Å²) in [5, 5.41) is 15.7. The maximum Gasteiger partial charge on any atom is 0.159 e. The Morgan fingerprint density at radius 3 is 2.57 bits per heavy atom. The standard InChI is InChI=1S/C18H21NO2/c1-12(20)13-6-7-15-11-16(9-8-14(15)10-13)19-17-4-2-3-5-18(17)21/h6-11,17-19,21H,2-5H2,1H3/t17-,18+/m0/s1. The summed E-state index contributed by atoms with van der Waals surface area (Å²) in [5.74, 6) is 0.0874. The van der Waals surface area contributed by atoms with Gasteiger partial charge < -0.3 is 10.4 Å². The Balaban J connectivity index is 1.84. The normalized spacial score (nSPS) is 22.2. The third kappa shape index (κ3) is 3.08. The molecule has 0 saturated heterocycles. The number of carbonyl (C=O) groups is 1. The van der Waals surface area contributed by atoms with Gasteiger partial charge in [-0.1, -0.05) is 31.0 Å². The second-order valence-corrected chi connectivity index (χ2v) is 5.94. The van der Waals surface area contributed by atoms with Gasteiger partial charge in [0.15, 0.2) is 5.78 Å². The predicted molar refractivity (Wildman–Crippen MR) is 85.8 cm³/mol. The molecule has 1 saturated carbocycles. The quantitative estimate of drug-likeness (QED) is 0.843. The largest absolute Gasteiger partial charge is 0.391 e. The van der Waals surface area contributed by atoms with E-state index in [0.29, 0.717) is 0 Å². The average Bonchev–Trinajstić information content (AvgIpc) is 2.49. The van der Waals surface area contributed by atoms with Crippen molar-refractivity contribution >= 4 is 22.2 Å². The van der Waals surface area contributed by atoms with E-state index >= 15 is 0 Å². The summed E-state index contributed by atoms with van der Waals surface area (Å²) in [5.41, 5.74) is 1.77. The van der Waals surface area contributed by atoms with Crippen LogP contribution in [0, 0.1) is 0 Å². The zero-order chi connectivity index (χ0) is 14.8. The van der Waals surface area contributed by atoms with Gasteiger partial charge in [0.1, 0.15) is 0 Å². The van der Waals surface area contributed by atoms with Gasteiger partial charge in [0, 0.05) is 11.3 Å². The third-order valence-electron chi connectivity index (χ3n) is 4.33. The van der Waals surface area contributed by atoms with Crippen LogP contribution in [0.4, 0.5) is 5.69 Å². The molecule has 0 heterocycles. The summed E-state index contributed by atoms with van der Waals surface area (Å²) in [4.78, 5) is 11.4. The lowest BCUT2D eigenvalue weighted by Gasteiger charge is -2.29. The number of benzene rings is 2. The van der Waals surface area contributed by atoms with Crippen LogP contribution in [0.3, 0.4) is 0 Å². The summed E-state index contributed by atoms with van der Waals surface area (Å²) in [7, 11) is 0. The molecular formula is C18H21NO2. The first-order valence-electron chi connectivity index (χ1n) is 7.63. The molecule has 110 valence electrons. The Bertz CT molecular complexity index is 665. The molecule has 1 fully saturated rings. The number of aliphatic hydroxyl groups excluding tert-OH is 1. The molecule has 0 unspecified atom stereocenters. The molecule has 3 heteroatoms. The van der Waals surface area contributed by atoms with E-state index < -0.39 is 0 Å². The van der Waals surface area contributed by atoms with Gasteiger partial charge in [0.2, 0.25) is 0 Å². The molecule has 2 aromatic rings. The van der Waals surface area contributed by atoms with Crippen molar-refractivity contribution in [1.82, 2.24) is 0 Å². The summed E-state index contributed by atoms with van der Waals surface area (Å²) in [6.45, 7) is 1.58. The van der Waals surface area contributed by atoms with Crippen molar-refractivity contribution in [3.8, 4) is 0 Å². The topological polar surface area (TPSA) is 49.3 Å². The highest BCUT2D eigenvalue weighted by Crippen LogP contribution is 2.25. The van der Waals surface area contributed by atoms with Crippen molar-refractivity contribution in [2.24, 2.45) is 0 Å². The molecule has 0 aliphatic heterocycles. The fraction of sp³-hybridized carbons (Fsp3) is 0.389. The zero-order valence-corrected chi connectivity index (χ0v) is 12.3. The summed E-state index contributed by atoms with van der Waals surface area (Å²) < 4.78 is 0. The van der Waals surface area contributed by atoms with Gasteiger partial charge >= 0.3 is 0 Å². The van der Waals surface area contributed by atoms with E-state index in [0.717, 1.165) is 41.3 Å². The van der Waals surface area contributed by atoms with E-state index in [1.165, 1.54) is 6.42 Å². The van der Waals surface area contributed by atoms with Crippen molar-refractivity contribution in [3.63, 3.8) is 0 Å². The second kappa shape index (κ2) is 5.86. The lowest BCUT2D eigenvalue weighted by Crippen LogP contribution is -2.36. The molecule has 0 bridgehead atoms. The van der Waals surface area contributed by atoms with Gasteiger partial charge in [0.25, 0.3) is 0 Å². The van der Waals surface area contributed by atoms with Crippen LogP contribution in [-0.2, 0) is 0 Å². The van der Waals surface area contributed by atoms with Crippen LogP contribution in [0.25, 0.3) is 10.8 Å². The average molecular weight is 283 g/mol. The van der Waals surface area contributed by atoms with Crippen LogP contribution in [0.15, 0.2) is 36.4 Å². The first kappa shape index (κ1) is 14.1. The number of rotatable bonds is 3. The van der Waals surface area contributed by atoms with Crippen LogP contribution < -0.4 is 5.32 Å². The number of carbonyl (C=O) groups excluding carboxylic acids is 1. The first-order chi connectivity index (χ1) is 10.1. The molecule has 1 aliphatic rings. The molecule has 0 spiro atoms. The maximum atomic E-state index is 11.4. The van der Waals surface area contributed by atoms with Crippen LogP contribution in [-0.4, -0.2) is 23.0 Å². The van der Waals surface area contributed by atoms with E-state index in [2.05, 4.69) is 11.4 Å². The number of hydrogen-bond acceptors (Lipinski definition) is 3. The molecule has 2 N–H and O–H groups in total. The van der Waals surface area contributed by atoms with Crippen molar-refractivity contribution in [1.29, 1.82) is 0 Å². The highest BCUT2D eigenvalue weighted by atomic mass is 16.3. The fourth-order valence-corrected chi connectivity index (χ4v) is 3.05. The minimum atomic E-state index is -0.255. The highest BCUT2D eigenvalue weighted by molar-refractivity contribution is 5.99. The molecule has 21 heavy (non-hydrogen) atoms. The van der Waals surface area contributed by atoms with Crippen LogP contribution >= 0.6 is 0 Å². The molecule has 2 aromatic carbocycles. The van der Waals surface area contributed by atoms with Crippen molar-refractivity contribution in [2.45, 2.75) is 44.8 Å². The van der Waals surface area contributed by atoms with Gasteiger partial charge in [-0.3, -0.25) is 4.79 Å². The monoisotopic (exact) mass is 283 g/mol. The van der Waals surface area contributed by atoms with Crippen LogP contribution in [0.5, 0.6) is 0 Å². The van der Waals surface area contributed by atoms with Crippen LogP contribution in [0.2, 0.25) is 0 Å². The van der Waals surface area contributed by atoms with Crippen molar-refractivity contribution in [2.75, 3.05) is 5.32 Å². The molecule has 0 amide bonds. The lowest BCUT2D eigenvalue weighted by atomic mass is 9.92. The highest BCUT2D eigenvalue weighted by Gasteiger charge is 2.22. The molecule has 2 atom stereocenters. The van der Waals surface area contributed by atoms with E-state index in [1.807, 2.05) is 30.3 Å². The molecule has 1 aliphatic carbocycles. The lowest BCUT2D eigenvalue weighted by molar-refractivity contribution is 0.101. The Morgan fingerprint density at radius 2 is 1.81 bits per heavy atom. The van der Waals surface area contributed by atoms with Gasteiger partial charge in [-0.2, -0.15) is 0 Å². The number of nitrogens with one attached hydrogen (secondary N) is 1. The molecule has 3 rings (SSSR count). The number of Topliss-reactive ketones (excluding diaryl/α,β-unsaturated/α-hetero) is 1. The third-order valence-corrected chi connectivity index (χ3v) is 4.33. The van der Waals surface area contributed by atoms with E-state index in [1.54, 1.807) is 6.92 Å². The second-order valence-electron chi connectivity index (χ2n) is 5.94. The van der Waals surface area contributed by atoms with Gasteiger partial charge in [-0.05, 0) is 48.7 Å². The van der Waals surface area contributed by atoms with Crippen LogP contribution in [0.1, 0.15) is 43.0 Å². The van der Waals surface area contributed by atoms with Crippen molar-refractivity contribution < 1.29 is 9.90 Å². The minimum Gasteiger partial charge on any atom is -0.391 e. The molecule has 0 aromatic heterocycles. The van der Waals surface area contributed by atoms with Crippen molar-refractivity contribution in [3.05, 3.63) is 42.0 Å². The molecule has 0 radical (unpaired) electrons. The fourth-order valence-electron chi connectivity index (χ4n) is 3.05. The Hall–Kier alpha value is -1.87. The predicted octanol–water partition coefficient (Wildman–Crippen LogP) is 3.76. The number of anilines is 1. The zero-order valence-electron chi connectivity index (χ0n) is 12.3. The van der Waals surface area contributed by atoms with Gasteiger partial charge in [-0.25, -0.2) is 0 Å². The number of aliphatic hydroxyl groups is 1. The first-order valence-corrected chi connectivity index (χ1v) is 7.63. The minimum absolute atomic E-state index is 0.0874. The SMILES string of the molecule is CC(=O)c1ccc2cc(N[C@H]3CCCC[C@H]3O)ccc2c1. The molecule has 3 nitrogen and oxygen atoms in total. The number of hydrogen-bond donors (Lipinski definition) is 2. The van der Waals surface area contributed by atoms with E-state index in [9.17, 15) is 9.90 Å². The number of fused-ring (bicyclic) bond motifs is 1. The van der Waals surface area contributed by atoms with E-state index in [-0.39, 0.29) is 17.9 Å². The Morgan fingerprint density at radius 1 is 1.10 bits per heavy atom. The number of ketones is 1. The Kier molecular flexibility index (Phi) is 3.93. The Labute approximate surface area is 125 Å². The van der Waals surface area contributed by atoms with E-state index in [4.69, 9.17) is 0 Å². The molecular weight excluding hydrogens is 262 g/mol.